The van der Waals surface area contributed by atoms with Gasteiger partial charge in [-0.15, -0.1) is 0 Å². The maximum atomic E-state index is 5.28. The molecule has 0 spiro atoms. The van der Waals surface area contributed by atoms with Crippen LogP contribution < -0.4 is 5.32 Å². The van der Waals surface area contributed by atoms with Crippen LogP contribution in [0.5, 0.6) is 0 Å². The van der Waals surface area contributed by atoms with Crippen LogP contribution in [0, 0.1) is 0 Å². The molecule has 0 aromatic carbocycles. The van der Waals surface area contributed by atoms with Crippen LogP contribution in [-0.2, 0) is 11.3 Å². The molecule has 0 bridgehead atoms. The highest BCUT2D eigenvalue weighted by Crippen LogP contribution is 2.31. The highest BCUT2D eigenvalue weighted by molar-refractivity contribution is 7.99. The molecule has 16 heavy (non-hydrogen) atoms. The standard InChI is InChI=1S/C10H17N3O2S/c1-3-14-4-9-12-10(15-13-9)7-5-16-6-8(7)11-2/h7-8,11H,3-6H2,1-2H3. The fourth-order valence-electron chi connectivity index (χ4n) is 1.75. The molecule has 1 aromatic heterocycles. The zero-order valence-electron chi connectivity index (χ0n) is 9.60. The molecule has 0 radical (unpaired) electrons. The predicted octanol–water partition coefficient (Wildman–Crippen LogP) is 1.02. The number of hydrogen-bond donors (Lipinski definition) is 1. The number of rotatable bonds is 5. The van der Waals surface area contributed by atoms with Gasteiger partial charge < -0.3 is 14.6 Å². The van der Waals surface area contributed by atoms with Crippen molar-refractivity contribution in [3.63, 3.8) is 0 Å². The van der Waals surface area contributed by atoms with E-state index < -0.39 is 0 Å². The van der Waals surface area contributed by atoms with Gasteiger partial charge in [-0.25, -0.2) is 0 Å². The van der Waals surface area contributed by atoms with Crippen LogP contribution in [-0.4, -0.2) is 41.3 Å². The van der Waals surface area contributed by atoms with E-state index in [1.165, 1.54) is 0 Å². The monoisotopic (exact) mass is 243 g/mol. The van der Waals surface area contributed by atoms with Crippen molar-refractivity contribution in [1.29, 1.82) is 0 Å². The van der Waals surface area contributed by atoms with Gasteiger partial charge >= 0.3 is 0 Å². The van der Waals surface area contributed by atoms with E-state index >= 15 is 0 Å². The minimum absolute atomic E-state index is 0.331. The van der Waals surface area contributed by atoms with Gasteiger partial charge in [0.25, 0.3) is 0 Å². The van der Waals surface area contributed by atoms with Crippen molar-refractivity contribution in [2.45, 2.75) is 25.5 Å². The Balaban J connectivity index is 2.00. The van der Waals surface area contributed by atoms with Gasteiger partial charge in [0, 0.05) is 24.2 Å². The molecule has 0 aliphatic carbocycles. The quantitative estimate of drug-likeness (QED) is 0.833. The minimum atomic E-state index is 0.331. The Morgan fingerprint density at radius 1 is 1.56 bits per heavy atom. The third-order valence-corrected chi connectivity index (χ3v) is 3.88. The predicted molar refractivity (Wildman–Crippen MR) is 62.5 cm³/mol. The Kier molecular flexibility index (Phi) is 4.20. The van der Waals surface area contributed by atoms with E-state index in [2.05, 4.69) is 15.5 Å². The Bertz CT molecular complexity index is 332. The number of likely N-dealkylation sites (N-methyl/N-ethyl adjacent to an activating group) is 1. The van der Waals surface area contributed by atoms with E-state index in [1.807, 2.05) is 25.7 Å². The summed E-state index contributed by atoms with van der Waals surface area (Å²) in [6.45, 7) is 3.05. The van der Waals surface area contributed by atoms with Crippen LogP contribution >= 0.6 is 11.8 Å². The smallest absolute Gasteiger partial charge is 0.232 e. The molecule has 90 valence electrons. The SMILES string of the molecule is CCOCc1noc(C2CSCC2NC)n1. The summed E-state index contributed by atoms with van der Waals surface area (Å²) < 4.78 is 10.5. The Morgan fingerprint density at radius 2 is 2.44 bits per heavy atom. The number of ether oxygens (including phenoxy) is 1. The van der Waals surface area contributed by atoms with Crippen molar-refractivity contribution in [2.75, 3.05) is 25.2 Å². The van der Waals surface area contributed by atoms with Crippen LogP contribution in [0.3, 0.4) is 0 Å². The first-order chi connectivity index (χ1) is 7.85. The highest BCUT2D eigenvalue weighted by atomic mass is 32.2. The van der Waals surface area contributed by atoms with Gasteiger partial charge in [0.15, 0.2) is 5.82 Å². The van der Waals surface area contributed by atoms with Crippen molar-refractivity contribution >= 4 is 11.8 Å². The van der Waals surface area contributed by atoms with Crippen LogP contribution in [0.15, 0.2) is 4.52 Å². The van der Waals surface area contributed by atoms with Gasteiger partial charge in [-0.1, -0.05) is 5.16 Å². The summed E-state index contributed by atoms with van der Waals surface area (Å²) in [5.74, 6) is 3.85. The zero-order valence-corrected chi connectivity index (χ0v) is 10.4. The average Bonchev–Trinajstić information content (AvgIpc) is 2.94. The molecule has 1 fully saturated rings. The second kappa shape index (κ2) is 5.65. The first-order valence-electron chi connectivity index (χ1n) is 5.50. The lowest BCUT2D eigenvalue weighted by Gasteiger charge is -2.13. The van der Waals surface area contributed by atoms with Gasteiger partial charge in [0.1, 0.15) is 6.61 Å². The molecule has 1 aliphatic rings. The molecule has 1 aliphatic heterocycles. The summed E-state index contributed by atoms with van der Waals surface area (Å²) >= 11 is 1.92. The minimum Gasteiger partial charge on any atom is -0.374 e. The molecule has 2 unspecified atom stereocenters. The average molecular weight is 243 g/mol. The summed E-state index contributed by atoms with van der Waals surface area (Å²) in [7, 11) is 1.97. The van der Waals surface area contributed by atoms with E-state index in [1.54, 1.807) is 0 Å². The summed E-state index contributed by atoms with van der Waals surface area (Å²) in [6, 6.07) is 0.436. The summed E-state index contributed by atoms with van der Waals surface area (Å²) in [5.41, 5.74) is 0. The molecule has 1 N–H and O–H groups in total. The highest BCUT2D eigenvalue weighted by Gasteiger charge is 2.32. The number of thioether (sulfide) groups is 1. The zero-order chi connectivity index (χ0) is 11.4. The molecule has 0 amide bonds. The van der Waals surface area contributed by atoms with E-state index in [-0.39, 0.29) is 0 Å². The molecule has 2 heterocycles. The lowest BCUT2D eigenvalue weighted by Crippen LogP contribution is -2.31. The van der Waals surface area contributed by atoms with Crippen LogP contribution in [0.2, 0.25) is 0 Å². The first kappa shape index (κ1) is 11.9. The van der Waals surface area contributed by atoms with E-state index in [9.17, 15) is 0 Å². The molecule has 0 saturated carbocycles. The van der Waals surface area contributed by atoms with Crippen molar-refractivity contribution in [1.82, 2.24) is 15.5 Å². The van der Waals surface area contributed by atoms with Crippen molar-refractivity contribution in [3.05, 3.63) is 11.7 Å². The molecule has 1 saturated heterocycles. The normalized spacial score (nSPS) is 25.1. The third-order valence-electron chi connectivity index (χ3n) is 2.69. The molecule has 6 heteroatoms. The van der Waals surface area contributed by atoms with Crippen LogP contribution in [0.4, 0.5) is 0 Å². The molecule has 2 rings (SSSR count). The molecule has 5 nitrogen and oxygen atoms in total. The van der Waals surface area contributed by atoms with E-state index in [4.69, 9.17) is 9.26 Å². The number of hydrogen-bond acceptors (Lipinski definition) is 6. The molecular weight excluding hydrogens is 226 g/mol. The number of aromatic nitrogens is 2. The lowest BCUT2D eigenvalue weighted by atomic mass is 10.0. The maximum absolute atomic E-state index is 5.28. The topological polar surface area (TPSA) is 60.2 Å². The Morgan fingerprint density at radius 3 is 3.19 bits per heavy atom. The van der Waals surface area contributed by atoms with Gasteiger partial charge in [0.05, 0.1) is 5.92 Å². The lowest BCUT2D eigenvalue weighted by molar-refractivity contribution is 0.126. The third kappa shape index (κ3) is 2.56. The van der Waals surface area contributed by atoms with E-state index in [0.29, 0.717) is 31.0 Å². The van der Waals surface area contributed by atoms with Gasteiger partial charge in [-0.3, -0.25) is 0 Å². The first-order valence-corrected chi connectivity index (χ1v) is 6.65. The second-order valence-corrected chi connectivity index (χ2v) is 4.80. The van der Waals surface area contributed by atoms with Gasteiger partial charge in [0.2, 0.25) is 5.89 Å². The molecular formula is C10H17N3O2S. The number of nitrogens with zero attached hydrogens (tertiary/aromatic N) is 2. The van der Waals surface area contributed by atoms with Crippen molar-refractivity contribution < 1.29 is 9.26 Å². The van der Waals surface area contributed by atoms with E-state index in [0.717, 1.165) is 17.4 Å². The Hall–Kier alpha value is -0.590. The van der Waals surface area contributed by atoms with Crippen LogP contribution in [0.25, 0.3) is 0 Å². The van der Waals surface area contributed by atoms with Gasteiger partial charge in [-0.05, 0) is 14.0 Å². The summed E-state index contributed by atoms with van der Waals surface area (Å²) in [4.78, 5) is 4.37. The second-order valence-electron chi connectivity index (χ2n) is 3.73. The van der Waals surface area contributed by atoms with Crippen molar-refractivity contribution in [2.24, 2.45) is 0 Å². The Labute approximate surface area is 99.3 Å². The molecule has 1 aromatic rings. The van der Waals surface area contributed by atoms with Crippen molar-refractivity contribution in [3.8, 4) is 0 Å². The summed E-state index contributed by atoms with van der Waals surface area (Å²) in [6.07, 6.45) is 0. The van der Waals surface area contributed by atoms with Crippen LogP contribution in [0.1, 0.15) is 24.6 Å². The number of nitrogens with one attached hydrogen (secondary N) is 1. The largest absolute Gasteiger partial charge is 0.374 e. The fraction of sp³-hybridized carbons (Fsp3) is 0.800. The molecule has 2 atom stereocenters. The maximum Gasteiger partial charge on any atom is 0.232 e. The van der Waals surface area contributed by atoms with Gasteiger partial charge in [-0.2, -0.15) is 16.7 Å². The fourth-order valence-corrected chi connectivity index (χ4v) is 3.17. The summed E-state index contributed by atoms with van der Waals surface area (Å²) in [5, 5.41) is 7.20.